The first kappa shape index (κ1) is 15.7. The molecule has 1 fully saturated rings. The average Bonchev–Trinajstić information content (AvgIpc) is 3.25. The number of nitrogens with zero attached hydrogens (tertiary/aromatic N) is 4. The van der Waals surface area contributed by atoms with E-state index in [9.17, 15) is 4.79 Å². The second kappa shape index (κ2) is 6.62. The fourth-order valence-electron chi connectivity index (χ4n) is 2.83. The Kier molecular flexibility index (Phi) is 4.34. The zero-order valence-electron chi connectivity index (χ0n) is 13.3. The Morgan fingerprint density at radius 2 is 2.38 bits per heavy atom. The Morgan fingerprint density at radius 3 is 3.17 bits per heavy atom. The molecule has 0 aromatic carbocycles. The molecule has 0 bridgehead atoms. The molecule has 1 aliphatic heterocycles. The van der Waals surface area contributed by atoms with Gasteiger partial charge in [-0.15, -0.1) is 16.4 Å². The molecule has 1 saturated heterocycles. The smallest absolute Gasteiger partial charge is 0.275 e. The second-order valence-corrected chi connectivity index (χ2v) is 7.65. The number of aromatic nitrogens is 3. The van der Waals surface area contributed by atoms with Gasteiger partial charge in [-0.2, -0.15) is 4.52 Å². The summed E-state index contributed by atoms with van der Waals surface area (Å²) in [7, 11) is 0. The van der Waals surface area contributed by atoms with Gasteiger partial charge in [-0.3, -0.25) is 4.79 Å². The maximum Gasteiger partial charge on any atom is 0.275 e. The van der Waals surface area contributed by atoms with Gasteiger partial charge in [-0.1, -0.05) is 30.7 Å². The van der Waals surface area contributed by atoms with Gasteiger partial charge in [0, 0.05) is 23.2 Å². The SMILES string of the molecule is CCCc1cc(=O)n2nc(N3CCOC(c4cccs4)C3)sc2n1. The van der Waals surface area contributed by atoms with Gasteiger partial charge in [0.2, 0.25) is 10.1 Å². The molecule has 0 spiro atoms. The summed E-state index contributed by atoms with van der Waals surface area (Å²) in [6.07, 6.45) is 1.85. The van der Waals surface area contributed by atoms with Crippen LogP contribution >= 0.6 is 22.7 Å². The Hall–Kier alpha value is -1.77. The highest BCUT2D eigenvalue weighted by Crippen LogP contribution is 2.30. The number of aryl methyl sites for hydroxylation is 1. The van der Waals surface area contributed by atoms with E-state index in [2.05, 4.69) is 33.4 Å². The van der Waals surface area contributed by atoms with Gasteiger partial charge in [0.15, 0.2) is 0 Å². The van der Waals surface area contributed by atoms with E-state index in [1.165, 1.54) is 20.7 Å². The minimum atomic E-state index is -0.103. The fourth-order valence-corrected chi connectivity index (χ4v) is 4.55. The van der Waals surface area contributed by atoms with Crippen molar-refractivity contribution in [1.29, 1.82) is 0 Å². The van der Waals surface area contributed by atoms with Gasteiger partial charge in [0.1, 0.15) is 6.10 Å². The highest BCUT2D eigenvalue weighted by atomic mass is 32.1. The van der Waals surface area contributed by atoms with E-state index in [4.69, 9.17) is 4.74 Å². The maximum absolute atomic E-state index is 12.2. The number of ether oxygens (including phenoxy) is 1. The first-order valence-electron chi connectivity index (χ1n) is 8.04. The van der Waals surface area contributed by atoms with Crippen LogP contribution in [0.25, 0.3) is 4.96 Å². The number of morpholine rings is 1. The summed E-state index contributed by atoms with van der Waals surface area (Å²) in [4.78, 5) is 20.9. The van der Waals surface area contributed by atoms with Crippen molar-refractivity contribution in [2.24, 2.45) is 0 Å². The standard InChI is InChI=1S/C16H18N4O2S2/c1-2-4-11-9-14(21)20-15(17-11)24-16(18-20)19-6-7-22-12(10-19)13-5-3-8-23-13/h3,5,8-9,12H,2,4,6-7,10H2,1H3. The van der Waals surface area contributed by atoms with Gasteiger partial charge in [0.05, 0.1) is 13.2 Å². The Morgan fingerprint density at radius 1 is 1.46 bits per heavy atom. The molecule has 1 unspecified atom stereocenters. The van der Waals surface area contributed by atoms with Crippen LogP contribution in [0.15, 0.2) is 28.4 Å². The summed E-state index contributed by atoms with van der Waals surface area (Å²) >= 11 is 3.18. The molecule has 0 N–H and O–H groups in total. The molecule has 4 heterocycles. The second-order valence-electron chi connectivity index (χ2n) is 5.74. The number of anilines is 1. The third-order valence-electron chi connectivity index (χ3n) is 3.99. The van der Waals surface area contributed by atoms with Crippen LogP contribution in [0, 0.1) is 0 Å². The molecule has 3 aromatic heterocycles. The highest BCUT2D eigenvalue weighted by molar-refractivity contribution is 7.20. The largest absolute Gasteiger partial charge is 0.369 e. The van der Waals surface area contributed by atoms with Gasteiger partial charge >= 0.3 is 0 Å². The molecule has 0 radical (unpaired) electrons. The van der Waals surface area contributed by atoms with E-state index in [0.29, 0.717) is 11.6 Å². The van der Waals surface area contributed by atoms with Crippen molar-refractivity contribution in [2.75, 3.05) is 24.6 Å². The van der Waals surface area contributed by atoms with E-state index in [1.54, 1.807) is 17.4 Å². The van der Waals surface area contributed by atoms with Crippen molar-refractivity contribution in [3.63, 3.8) is 0 Å². The molecule has 8 heteroatoms. The van der Waals surface area contributed by atoms with Crippen molar-refractivity contribution in [2.45, 2.75) is 25.9 Å². The Balaban J connectivity index is 1.63. The topological polar surface area (TPSA) is 59.7 Å². The first-order chi connectivity index (χ1) is 11.7. The van der Waals surface area contributed by atoms with Crippen molar-refractivity contribution < 1.29 is 4.74 Å². The van der Waals surface area contributed by atoms with Crippen LogP contribution in [-0.4, -0.2) is 34.3 Å². The van der Waals surface area contributed by atoms with Crippen LogP contribution in [-0.2, 0) is 11.2 Å². The number of hydrogen-bond acceptors (Lipinski definition) is 7. The summed E-state index contributed by atoms with van der Waals surface area (Å²) in [5.74, 6) is 0. The highest BCUT2D eigenvalue weighted by Gasteiger charge is 2.25. The molecule has 126 valence electrons. The molecule has 1 atom stereocenters. The van der Waals surface area contributed by atoms with Crippen LogP contribution in [0.1, 0.15) is 30.0 Å². The van der Waals surface area contributed by atoms with E-state index in [1.807, 2.05) is 6.07 Å². The van der Waals surface area contributed by atoms with Gasteiger partial charge in [-0.05, 0) is 17.9 Å². The molecular formula is C16H18N4O2S2. The third kappa shape index (κ3) is 2.97. The van der Waals surface area contributed by atoms with Gasteiger partial charge in [0.25, 0.3) is 5.56 Å². The van der Waals surface area contributed by atoms with Crippen molar-refractivity contribution in [3.8, 4) is 0 Å². The van der Waals surface area contributed by atoms with E-state index in [0.717, 1.165) is 36.8 Å². The normalized spacial score (nSPS) is 18.4. The van der Waals surface area contributed by atoms with Gasteiger partial charge in [-0.25, -0.2) is 4.98 Å². The lowest BCUT2D eigenvalue weighted by atomic mass is 10.2. The third-order valence-corrected chi connectivity index (χ3v) is 5.92. The van der Waals surface area contributed by atoms with Crippen LogP contribution in [0.5, 0.6) is 0 Å². The first-order valence-corrected chi connectivity index (χ1v) is 9.74. The lowest BCUT2D eigenvalue weighted by Gasteiger charge is -2.31. The minimum absolute atomic E-state index is 0.0612. The van der Waals surface area contributed by atoms with Crippen LogP contribution < -0.4 is 10.5 Å². The molecule has 1 aliphatic rings. The zero-order chi connectivity index (χ0) is 16.5. The molecule has 4 rings (SSSR count). The molecule has 6 nitrogen and oxygen atoms in total. The molecule has 0 saturated carbocycles. The van der Waals surface area contributed by atoms with Crippen LogP contribution in [0.2, 0.25) is 0 Å². The monoisotopic (exact) mass is 362 g/mol. The lowest BCUT2D eigenvalue weighted by molar-refractivity contribution is 0.0420. The number of fused-ring (bicyclic) bond motifs is 1. The maximum atomic E-state index is 12.2. The molecule has 24 heavy (non-hydrogen) atoms. The van der Waals surface area contributed by atoms with Crippen LogP contribution in [0.4, 0.5) is 5.13 Å². The van der Waals surface area contributed by atoms with E-state index < -0.39 is 0 Å². The predicted molar refractivity (Wildman–Crippen MR) is 96.4 cm³/mol. The summed E-state index contributed by atoms with van der Waals surface area (Å²) in [5, 5.41) is 7.38. The summed E-state index contributed by atoms with van der Waals surface area (Å²) in [6.45, 7) is 4.26. The minimum Gasteiger partial charge on any atom is -0.369 e. The fraction of sp³-hybridized carbons (Fsp3) is 0.438. The molecule has 3 aromatic rings. The zero-order valence-corrected chi connectivity index (χ0v) is 15.0. The van der Waals surface area contributed by atoms with Crippen LogP contribution in [0.3, 0.4) is 0 Å². The Bertz CT molecular complexity index is 887. The average molecular weight is 362 g/mol. The predicted octanol–water partition coefficient (Wildman–Crippen LogP) is 2.74. The molecule has 0 amide bonds. The van der Waals surface area contributed by atoms with E-state index >= 15 is 0 Å². The van der Waals surface area contributed by atoms with Crippen molar-refractivity contribution >= 4 is 32.8 Å². The summed E-state index contributed by atoms with van der Waals surface area (Å²) in [5.41, 5.74) is 0.741. The lowest BCUT2D eigenvalue weighted by Crippen LogP contribution is -2.38. The van der Waals surface area contributed by atoms with E-state index in [-0.39, 0.29) is 11.7 Å². The molecule has 0 aliphatic carbocycles. The van der Waals surface area contributed by atoms with Gasteiger partial charge < -0.3 is 9.64 Å². The van der Waals surface area contributed by atoms with Crippen molar-refractivity contribution in [3.05, 3.63) is 44.5 Å². The number of rotatable bonds is 4. The quantitative estimate of drug-likeness (QED) is 0.714. The Labute approximate surface area is 147 Å². The summed E-state index contributed by atoms with van der Waals surface area (Å²) < 4.78 is 7.30. The number of hydrogen-bond donors (Lipinski definition) is 0. The molecular weight excluding hydrogens is 344 g/mol. The number of thiophene rings is 1. The summed E-state index contributed by atoms with van der Waals surface area (Å²) in [6, 6.07) is 5.73. The van der Waals surface area contributed by atoms with Crippen molar-refractivity contribution in [1.82, 2.24) is 14.6 Å².